The van der Waals surface area contributed by atoms with Crippen LogP contribution >= 0.6 is 11.8 Å². The first-order valence-corrected chi connectivity index (χ1v) is 7.17. The second-order valence-corrected chi connectivity index (χ2v) is 5.68. The maximum Gasteiger partial charge on any atom is 0.240 e. The van der Waals surface area contributed by atoms with Crippen molar-refractivity contribution in [3.8, 4) is 0 Å². The van der Waals surface area contributed by atoms with Crippen molar-refractivity contribution in [2.75, 3.05) is 37.7 Å². The van der Waals surface area contributed by atoms with Crippen molar-refractivity contribution in [3.63, 3.8) is 0 Å². The van der Waals surface area contributed by atoms with E-state index in [1.54, 1.807) is 0 Å². The number of piperidine rings is 1. The molecule has 2 saturated heterocycles. The Morgan fingerprint density at radius 2 is 2.19 bits per heavy atom. The molecule has 2 aliphatic rings. The summed E-state index contributed by atoms with van der Waals surface area (Å²) in [6.45, 7) is 2.83. The van der Waals surface area contributed by atoms with Crippen LogP contribution in [0.25, 0.3) is 0 Å². The molecular formula is C11H20N2O2S. The number of thioether (sulfide) groups is 1. The summed E-state index contributed by atoms with van der Waals surface area (Å²) in [4.78, 5) is 14.1. The van der Waals surface area contributed by atoms with E-state index in [0.29, 0.717) is 5.92 Å². The molecule has 0 bridgehead atoms. The molecule has 0 aromatic rings. The number of hydrogen-bond donors (Lipinski definition) is 2. The largest absolute Gasteiger partial charge is 0.396 e. The molecule has 16 heavy (non-hydrogen) atoms. The number of amides is 1. The average molecular weight is 244 g/mol. The van der Waals surface area contributed by atoms with Gasteiger partial charge in [-0.15, -0.1) is 0 Å². The highest BCUT2D eigenvalue weighted by atomic mass is 32.2. The molecule has 0 saturated carbocycles. The van der Waals surface area contributed by atoms with Gasteiger partial charge in [-0.25, -0.2) is 0 Å². The Bertz CT molecular complexity index is 236. The first-order valence-electron chi connectivity index (χ1n) is 6.02. The monoisotopic (exact) mass is 244 g/mol. The SMILES string of the molecule is O=C(C1CSCCN1)N1CCC(CO)CC1. The van der Waals surface area contributed by atoms with Gasteiger partial charge in [-0.3, -0.25) is 4.79 Å². The van der Waals surface area contributed by atoms with E-state index in [4.69, 9.17) is 5.11 Å². The third-order valence-electron chi connectivity index (χ3n) is 3.40. The molecule has 0 aromatic carbocycles. The first kappa shape index (κ1) is 12.2. The number of likely N-dealkylation sites (tertiary alicyclic amines) is 1. The number of carbonyl (C=O) groups is 1. The lowest BCUT2D eigenvalue weighted by Gasteiger charge is -2.34. The van der Waals surface area contributed by atoms with Crippen LogP contribution in [0.4, 0.5) is 0 Å². The molecule has 2 N–H and O–H groups in total. The minimum atomic E-state index is 0.0180. The molecule has 92 valence electrons. The zero-order valence-corrected chi connectivity index (χ0v) is 10.3. The number of rotatable bonds is 2. The summed E-state index contributed by atoms with van der Waals surface area (Å²) in [6, 6.07) is 0.0180. The molecular weight excluding hydrogens is 224 g/mol. The quantitative estimate of drug-likeness (QED) is 0.713. The standard InChI is InChI=1S/C11H20N2O2S/c14-7-9-1-4-13(5-2-9)11(15)10-8-16-6-3-12-10/h9-10,12,14H,1-8H2. The highest BCUT2D eigenvalue weighted by Crippen LogP contribution is 2.18. The second-order valence-electron chi connectivity index (χ2n) is 4.53. The minimum absolute atomic E-state index is 0.0180. The van der Waals surface area contributed by atoms with Gasteiger partial charge in [0.25, 0.3) is 0 Å². The summed E-state index contributed by atoms with van der Waals surface area (Å²) in [5.41, 5.74) is 0. The molecule has 0 radical (unpaired) electrons. The fraction of sp³-hybridized carbons (Fsp3) is 0.909. The number of aliphatic hydroxyl groups is 1. The van der Waals surface area contributed by atoms with Gasteiger partial charge in [-0.2, -0.15) is 11.8 Å². The summed E-state index contributed by atoms with van der Waals surface area (Å²) in [5, 5.41) is 12.3. The van der Waals surface area contributed by atoms with Gasteiger partial charge in [-0.05, 0) is 18.8 Å². The lowest BCUT2D eigenvalue weighted by Crippen LogP contribution is -2.52. The summed E-state index contributed by atoms with van der Waals surface area (Å²) in [6.07, 6.45) is 1.89. The first-order chi connectivity index (χ1) is 7.81. The number of nitrogens with zero attached hydrogens (tertiary/aromatic N) is 1. The van der Waals surface area contributed by atoms with Crippen LogP contribution in [-0.4, -0.2) is 59.7 Å². The van der Waals surface area contributed by atoms with E-state index in [1.807, 2.05) is 16.7 Å². The van der Waals surface area contributed by atoms with Crippen molar-refractivity contribution >= 4 is 17.7 Å². The van der Waals surface area contributed by atoms with Gasteiger partial charge < -0.3 is 15.3 Å². The molecule has 2 fully saturated rings. The summed E-state index contributed by atoms with van der Waals surface area (Å²) >= 11 is 1.85. The highest BCUT2D eigenvalue weighted by Gasteiger charge is 2.28. The molecule has 1 unspecified atom stereocenters. The van der Waals surface area contributed by atoms with Gasteiger partial charge >= 0.3 is 0 Å². The predicted octanol–water partition coefficient (Wildman–Crippen LogP) is -0.0777. The van der Waals surface area contributed by atoms with Crippen molar-refractivity contribution in [3.05, 3.63) is 0 Å². The van der Waals surface area contributed by atoms with Crippen LogP contribution in [0.1, 0.15) is 12.8 Å². The number of nitrogens with one attached hydrogen (secondary N) is 1. The number of aliphatic hydroxyl groups excluding tert-OH is 1. The van der Waals surface area contributed by atoms with E-state index in [9.17, 15) is 4.79 Å². The molecule has 0 aromatic heterocycles. The molecule has 0 aliphatic carbocycles. The topological polar surface area (TPSA) is 52.6 Å². The van der Waals surface area contributed by atoms with Crippen LogP contribution in [0.2, 0.25) is 0 Å². The summed E-state index contributed by atoms with van der Waals surface area (Å²) in [5.74, 6) is 2.66. The zero-order chi connectivity index (χ0) is 11.4. The average Bonchev–Trinajstić information content (AvgIpc) is 2.39. The number of hydrogen-bond acceptors (Lipinski definition) is 4. The molecule has 2 rings (SSSR count). The Kier molecular flexibility index (Phi) is 4.49. The van der Waals surface area contributed by atoms with Crippen LogP contribution in [0.5, 0.6) is 0 Å². The van der Waals surface area contributed by atoms with E-state index in [2.05, 4.69) is 5.32 Å². The van der Waals surface area contributed by atoms with Gasteiger partial charge in [-0.1, -0.05) is 0 Å². The van der Waals surface area contributed by atoms with Gasteiger partial charge in [0.05, 0.1) is 6.04 Å². The van der Waals surface area contributed by atoms with Crippen LogP contribution in [0.15, 0.2) is 0 Å². The fourth-order valence-corrected chi connectivity index (χ4v) is 3.21. The van der Waals surface area contributed by atoms with E-state index in [1.165, 1.54) is 0 Å². The summed E-state index contributed by atoms with van der Waals surface area (Å²) < 4.78 is 0. The molecule has 2 aliphatic heterocycles. The lowest BCUT2D eigenvalue weighted by atomic mass is 9.97. The van der Waals surface area contributed by atoms with Crippen molar-refractivity contribution < 1.29 is 9.90 Å². The predicted molar refractivity (Wildman–Crippen MR) is 65.5 cm³/mol. The smallest absolute Gasteiger partial charge is 0.240 e. The molecule has 1 amide bonds. The Labute approximate surface area is 101 Å². The van der Waals surface area contributed by atoms with E-state index < -0.39 is 0 Å². The minimum Gasteiger partial charge on any atom is -0.396 e. The number of carbonyl (C=O) groups excluding carboxylic acids is 1. The summed E-state index contributed by atoms with van der Waals surface area (Å²) in [7, 11) is 0. The Balaban J connectivity index is 1.81. The Morgan fingerprint density at radius 3 is 2.75 bits per heavy atom. The molecule has 4 nitrogen and oxygen atoms in total. The van der Waals surface area contributed by atoms with Crippen LogP contribution in [0.3, 0.4) is 0 Å². The van der Waals surface area contributed by atoms with Crippen molar-refractivity contribution in [2.45, 2.75) is 18.9 Å². The van der Waals surface area contributed by atoms with E-state index in [0.717, 1.165) is 44.0 Å². The lowest BCUT2D eigenvalue weighted by molar-refractivity contribution is -0.134. The third-order valence-corrected chi connectivity index (χ3v) is 4.47. The molecule has 2 heterocycles. The highest BCUT2D eigenvalue weighted by molar-refractivity contribution is 7.99. The maximum atomic E-state index is 12.1. The van der Waals surface area contributed by atoms with Crippen LogP contribution in [-0.2, 0) is 4.79 Å². The Hall–Kier alpha value is -0.260. The maximum absolute atomic E-state index is 12.1. The van der Waals surface area contributed by atoms with Crippen molar-refractivity contribution in [1.29, 1.82) is 0 Å². The molecule has 0 spiro atoms. The van der Waals surface area contributed by atoms with Crippen LogP contribution in [0, 0.1) is 5.92 Å². The molecule has 1 atom stereocenters. The van der Waals surface area contributed by atoms with E-state index in [-0.39, 0.29) is 18.6 Å². The van der Waals surface area contributed by atoms with Gasteiger partial charge in [0, 0.05) is 37.7 Å². The van der Waals surface area contributed by atoms with Crippen LogP contribution < -0.4 is 5.32 Å². The van der Waals surface area contributed by atoms with Gasteiger partial charge in [0.2, 0.25) is 5.91 Å². The Morgan fingerprint density at radius 1 is 1.44 bits per heavy atom. The normalized spacial score (nSPS) is 28.1. The zero-order valence-electron chi connectivity index (χ0n) is 9.52. The third kappa shape index (κ3) is 2.90. The fourth-order valence-electron chi connectivity index (χ4n) is 2.28. The van der Waals surface area contributed by atoms with Gasteiger partial charge in [0.1, 0.15) is 0 Å². The second kappa shape index (κ2) is 5.89. The van der Waals surface area contributed by atoms with E-state index >= 15 is 0 Å². The molecule has 5 heteroatoms. The van der Waals surface area contributed by atoms with Gasteiger partial charge in [0.15, 0.2) is 0 Å². The van der Waals surface area contributed by atoms with Crippen molar-refractivity contribution in [1.82, 2.24) is 10.2 Å². The van der Waals surface area contributed by atoms with Crippen molar-refractivity contribution in [2.24, 2.45) is 5.92 Å².